The van der Waals surface area contributed by atoms with E-state index in [-0.39, 0.29) is 11.4 Å². The summed E-state index contributed by atoms with van der Waals surface area (Å²) in [6.45, 7) is -0.126. The predicted molar refractivity (Wildman–Crippen MR) is 102 cm³/mol. The normalized spacial score (nSPS) is 11.6. The van der Waals surface area contributed by atoms with Gasteiger partial charge in [-0.2, -0.15) is 0 Å². The van der Waals surface area contributed by atoms with Crippen LogP contribution in [0.2, 0.25) is 0 Å². The van der Waals surface area contributed by atoms with Gasteiger partial charge in [-0.3, -0.25) is 9.78 Å². The van der Waals surface area contributed by atoms with Crippen LogP contribution in [-0.2, 0) is 16.6 Å². The summed E-state index contributed by atoms with van der Waals surface area (Å²) in [7, 11) is -4.14. The highest BCUT2D eigenvalue weighted by Crippen LogP contribution is 2.27. The van der Waals surface area contributed by atoms with Gasteiger partial charge in [0.05, 0.1) is 29.5 Å². The molecule has 0 unspecified atom stereocenters. The smallest absolute Gasteiger partial charge is 0.277 e. The minimum atomic E-state index is -4.14. The molecule has 0 spiro atoms. The number of carbonyl (C=O) groups is 1. The minimum absolute atomic E-state index is 0.00555. The number of para-hydroxylation sites is 1. The first kappa shape index (κ1) is 17.4. The lowest BCUT2D eigenvalue weighted by atomic mass is 10.2. The van der Waals surface area contributed by atoms with E-state index in [2.05, 4.69) is 4.98 Å². The van der Waals surface area contributed by atoms with Crippen molar-refractivity contribution in [3.8, 4) is 0 Å². The van der Waals surface area contributed by atoms with E-state index in [0.717, 1.165) is 4.31 Å². The van der Waals surface area contributed by atoms with Gasteiger partial charge in [0.15, 0.2) is 0 Å². The SMILES string of the molecule is O=C(c1cccs1)N(Cc1ccoc1)S(=O)(=O)c1cccc2cccnc12. The monoisotopic (exact) mass is 398 g/mol. The van der Waals surface area contributed by atoms with Gasteiger partial charge < -0.3 is 4.42 Å². The maximum atomic E-state index is 13.4. The number of benzene rings is 1. The van der Waals surface area contributed by atoms with Crippen molar-refractivity contribution >= 4 is 38.2 Å². The Labute approximate surface area is 159 Å². The number of furan rings is 1. The van der Waals surface area contributed by atoms with Crippen molar-refractivity contribution in [1.29, 1.82) is 0 Å². The number of fused-ring (bicyclic) bond motifs is 1. The van der Waals surface area contributed by atoms with Gasteiger partial charge in [-0.15, -0.1) is 11.3 Å². The molecule has 3 aromatic heterocycles. The molecule has 0 fully saturated rings. The molecular weight excluding hydrogens is 384 g/mol. The molecule has 0 aliphatic rings. The number of rotatable bonds is 5. The van der Waals surface area contributed by atoms with Crippen LogP contribution in [0.15, 0.2) is 81.9 Å². The molecule has 0 radical (unpaired) electrons. The first-order valence-corrected chi connectivity index (χ1v) is 10.3. The van der Waals surface area contributed by atoms with Crippen LogP contribution < -0.4 is 0 Å². The highest BCUT2D eigenvalue weighted by atomic mass is 32.2. The quantitative estimate of drug-likeness (QED) is 0.509. The Morgan fingerprint density at radius 3 is 2.70 bits per heavy atom. The third kappa shape index (κ3) is 3.24. The second-order valence-corrected chi connectivity index (χ2v) is 8.54. The van der Waals surface area contributed by atoms with E-state index >= 15 is 0 Å². The van der Waals surface area contributed by atoms with Gasteiger partial charge in [0.2, 0.25) is 0 Å². The average molecular weight is 398 g/mol. The van der Waals surface area contributed by atoms with Crippen LogP contribution >= 0.6 is 11.3 Å². The van der Waals surface area contributed by atoms with Gasteiger partial charge in [-0.05, 0) is 29.6 Å². The van der Waals surface area contributed by atoms with Crippen LogP contribution in [0.4, 0.5) is 0 Å². The molecule has 6 nitrogen and oxygen atoms in total. The van der Waals surface area contributed by atoms with Crippen molar-refractivity contribution < 1.29 is 17.6 Å². The summed E-state index contributed by atoms with van der Waals surface area (Å²) in [5.74, 6) is -0.584. The van der Waals surface area contributed by atoms with Gasteiger partial charge in [-0.1, -0.05) is 24.3 Å². The number of thiophene rings is 1. The number of amides is 1. The van der Waals surface area contributed by atoms with E-state index in [1.54, 1.807) is 47.8 Å². The molecule has 0 N–H and O–H groups in total. The molecule has 0 saturated heterocycles. The molecule has 4 rings (SSSR count). The third-order valence-electron chi connectivity index (χ3n) is 4.03. The maximum Gasteiger partial charge on any atom is 0.277 e. The Bertz CT molecular complexity index is 1180. The molecule has 0 atom stereocenters. The topological polar surface area (TPSA) is 80.5 Å². The zero-order chi connectivity index (χ0) is 18.9. The summed E-state index contributed by atoms with van der Waals surface area (Å²) in [4.78, 5) is 17.5. The van der Waals surface area contributed by atoms with Gasteiger partial charge in [-0.25, -0.2) is 12.7 Å². The molecule has 1 aromatic carbocycles. The summed E-state index contributed by atoms with van der Waals surface area (Å²) in [5, 5.41) is 2.42. The summed E-state index contributed by atoms with van der Waals surface area (Å²) in [6, 6.07) is 13.3. The average Bonchev–Trinajstić information content (AvgIpc) is 3.39. The first-order valence-electron chi connectivity index (χ1n) is 8.03. The van der Waals surface area contributed by atoms with Gasteiger partial charge in [0.25, 0.3) is 15.9 Å². The Morgan fingerprint density at radius 1 is 1.11 bits per heavy atom. The molecular formula is C19H14N2O4S2. The molecule has 0 bridgehead atoms. The lowest BCUT2D eigenvalue weighted by Crippen LogP contribution is -2.36. The van der Waals surface area contributed by atoms with E-state index in [4.69, 9.17) is 4.42 Å². The Kier molecular flexibility index (Phi) is 4.51. The lowest BCUT2D eigenvalue weighted by molar-refractivity contribution is 0.0859. The fourth-order valence-corrected chi connectivity index (χ4v) is 5.01. The number of nitrogens with zero attached hydrogens (tertiary/aromatic N) is 2. The van der Waals surface area contributed by atoms with Crippen LogP contribution in [0.1, 0.15) is 15.2 Å². The second kappa shape index (κ2) is 6.98. The van der Waals surface area contributed by atoms with Crippen molar-refractivity contribution in [1.82, 2.24) is 9.29 Å². The highest BCUT2D eigenvalue weighted by Gasteiger charge is 2.32. The van der Waals surface area contributed by atoms with E-state index in [9.17, 15) is 13.2 Å². The maximum absolute atomic E-state index is 13.4. The Hall–Kier alpha value is -2.97. The van der Waals surface area contributed by atoms with Crippen molar-refractivity contribution in [2.24, 2.45) is 0 Å². The van der Waals surface area contributed by atoms with E-state index in [1.807, 2.05) is 0 Å². The number of aromatic nitrogens is 1. The third-order valence-corrected chi connectivity index (χ3v) is 6.65. The predicted octanol–water partition coefficient (Wildman–Crippen LogP) is 3.92. The van der Waals surface area contributed by atoms with E-state index < -0.39 is 15.9 Å². The summed E-state index contributed by atoms with van der Waals surface area (Å²) in [5.41, 5.74) is 0.910. The van der Waals surface area contributed by atoms with Crippen molar-refractivity contribution in [3.63, 3.8) is 0 Å². The van der Waals surface area contributed by atoms with E-state index in [1.165, 1.54) is 36.1 Å². The Morgan fingerprint density at radius 2 is 1.96 bits per heavy atom. The fraction of sp³-hybridized carbons (Fsp3) is 0.0526. The zero-order valence-corrected chi connectivity index (χ0v) is 15.6. The molecule has 0 aliphatic carbocycles. The number of carbonyl (C=O) groups excluding carboxylic acids is 1. The minimum Gasteiger partial charge on any atom is -0.472 e. The number of sulfonamides is 1. The first-order chi connectivity index (χ1) is 13.1. The number of hydrogen-bond acceptors (Lipinski definition) is 6. The molecule has 0 saturated carbocycles. The van der Waals surface area contributed by atoms with Crippen molar-refractivity contribution in [2.45, 2.75) is 11.4 Å². The van der Waals surface area contributed by atoms with Crippen LogP contribution in [0, 0.1) is 0 Å². The summed E-state index contributed by atoms with van der Waals surface area (Å²) >= 11 is 1.19. The van der Waals surface area contributed by atoms with Gasteiger partial charge >= 0.3 is 0 Å². The number of pyridine rings is 1. The standard InChI is InChI=1S/C19H14N2O4S2/c22-19(16-6-3-11-26-16)21(12-14-8-10-25-13-14)27(23,24)17-7-1-4-15-5-2-9-20-18(15)17/h1-11,13H,12H2. The zero-order valence-electron chi connectivity index (χ0n) is 14.0. The molecule has 3 heterocycles. The summed E-state index contributed by atoms with van der Waals surface area (Å²) in [6.07, 6.45) is 4.39. The van der Waals surface area contributed by atoms with Crippen LogP contribution in [0.3, 0.4) is 0 Å². The fourth-order valence-electron chi connectivity index (χ4n) is 2.74. The molecule has 1 amide bonds. The van der Waals surface area contributed by atoms with Crippen LogP contribution in [-0.4, -0.2) is 23.6 Å². The summed E-state index contributed by atoms with van der Waals surface area (Å²) < 4.78 is 32.8. The Balaban J connectivity index is 1.86. The van der Waals surface area contributed by atoms with Gasteiger partial charge in [0.1, 0.15) is 4.90 Å². The highest BCUT2D eigenvalue weighted by molar-refractivity contribution is 7.90. The molecule has 8 heteroatoms. The molecule has 0 aliphatic heterocycles. The van der Waals surface area contributed by atoms with Gasteiger partial charge in [0, 0.05) is 17.1 Å². The van der Waals surface area contributed by atoms with E-state index in [0.29, 0.717) is 21.3 Å². The van der Waals surface area contributed by atoms with Crippen molar-refractivity contribution in [3.05, 3.63) is 83.1 Å². The second-order valence-electron chi connectivity index (χ2n) is 5.76. The molecule has 4 aromatic rings. The lowest BCUT2D eigenvalue weighted by Gasteiger charge is -2.22. The van der Waals surface area contributed by atoms with Crippen LogP contribution in [0.25, 0.3) is 10.9 Å². The number of hydrogen-bond donors (Lipinski definition) is 0. The van der Waals surface area contributed by atoms with Crippen LogP contribution in [0.5, 0.6) is 0 Å². The molecule has 136 valence electrons. The molecule has 27 heavy (non-hydrogen) atoms. The van der Waals surface area contributed by atoms with Crippen molar-refractivity contribution in [2.75, 3.05) is 0 Å². The largest absolute Gasteiger partial charge is 0.472 e.